The number of anilines is 2. The van der Waals surface area contributed by atoms with Crippen molar-refractivity contribution in [2.45, 2.75) is 11.3 Å². The first-order valence-corrected chi connectivity index (χ1v) is 11.0. The van der Waals surface area contributed by atoms with Gasteiger partial charge in [-0.15, -0.1) is 0 Å². The lowest BCUT2D eigenvalue weighted by atomic mass is 10.1. The van der Waals surface area contributed by atoms with Crippen molar-refractivity contribution in [2.24, 2.45) is 5.92 Å². The average Bonchev–Trinajstić information content (AvgIpc) is 3.15. The summed E-state index contributed by atoms with van der Waals surface area (Å²) in [6.45, 7) is 0.169. The predicted octanol–water partition coefficient (Wildman–Crippen LogP) is 1.95. The Balaban J connectivity index is 1.80. The number of sulfonamides is 1. The molecule has 2 amide bonds. The number of rotatable bonds is 7. The van der Waals surface area contributed by atoms with E-state index < -0.39 is 21.8 Å². The standard InChI is InChI=1S/C21H25N3O6S/c1-23(2)31(27,28)19-8-6-5-7-16(19)22-21(26)14-11-20(25)24(13-14)15-9-10-17(29-3)18(12-15)30-4/h5-10,12,14H,11,13H2,1-4H3,(H,22,26). The van der Waals surface area contributed by atoms with E-state index in [2.05, 4.69) is 5.32 Å². The molecule has 166 valence electrons. The SMILES string of the molecule is COc1ccc(N2CC(C(=O)Nc3ccccc3S(=O)(=O)N(C)C)CC2=O)cc1OC. The van der Waals surface area contributed by atoms with Crippen LogP contribution in [0.25, 0.3) is 0 Å². The summed E-state index contributed by atoms with van der Waals surface area (Å²) >= 11 is 0. The number of hydrogen-bond donors (Lipinski definition) is 1. The van der Waals surface area contributed by atoms with Crippen LogP contribution < -0.4 is 19.7 Å². The Bertz CT molecular complexity index is 1100. The molecule has 1 unspecified atom stereocenters. The summed E-state index contributed by atoms with van der Waals surface area (Å²) in [6, 6.07) is 11.3. The Morgan fingerprint density at radius 1 is 1.10 bits per heavy atom. The van der Waals surface area contributed by atoms with Gasteiger partial charge in [0.1, 0.15) is 4.90 Å². The van der Waals surface area contributed by atoms with E-state index in [1.165, 1.54) is 45.3 Å². The van der Waals surface area contributed by atoms with Crippen LogP contribution in [0.15, 0.2) is 47.4 Å². The summed E-state index contributed by atoms with van der Waals surface area (Å²) < 4.78 is 36.7. The Morgan fingerprint density at radius 3 is 2.42 bits per heavy atom. The third kappa shape index (κ3) is 4.49. The van der Waals surface area contributed by atoms with Crippen LogP contribution in [0.2, 0.25) is 0 Å². The van der Waals surface area contributed by atoms with Crippen LogP contribution in [0.5, 0.6) is 11.5 Å². The molecule has 0 bridgehead atoms. The second-order valence-corrected chi connectivity index (χ2v) is 9.34. The van der Waals surface area contributed by atoms with Gasteiger partial charge in [-0.05, 0) is 24.3 Å². The third-order valence-electron chi connectivity index (χ3n) is 5.08. The van der Waals surface area contributed by atoms with Gasteiger partial charge in [0.25, 0.3) is 0 Å². The van der Waals surface area contributed by atoms with Crippen molar-refractivity contribution in [3.05, 3.63) is 42.5 Å². The zero-order chi connectivity index (χ0) is 22.8. The van der Waals surface area contributed by atoms with E-state index in [4.69, 9.17) is 9.47 Å². The number of para-hydroxylation sites is 1. The molecule has 1 aliphatic rings. The van der Waals surface area contributed by atoms with E-state index in [9.17, 15) is 18.0 Å². The highest BCUT2D eigenvalue weighted by Crippen LogP contribution is 2.34. The van der Waals surface area contributed by atoms with Gasteiger partial charge in [0.15, 0.2) is 11.5 Å². The molecule has 1 aliphatic heterocycles. The third-order valence-corrected chi connectivity index (χ3v) is 6.95. The minimum Gasteiger partial charge on any atom is -0.493 e. The lowest BCUT2D eigenvalue weighted by molar-refractivity contribution is -0.122. The zero-order valence-electron chi connectivity index (χ0n) is 17.8. The summed E-state index contributed by atoms with van der Waals surface area (Å²) in [5.74, 6) is -0.246. The number of nitrogens with one attached hydrogen (secondary N) is 1. The smallest absolute Gasteiger partial charge is 0.244 e. The van der Waals surface area contributed by atoms with Crippen LogP contribution in [-0.4, -0.2) is 59.4 Å². The minimum atomic E-state index is -3.74. The van der Waals surface area contributed by atoms with Crippen molar-refractivity contribution in [1.82, 2.24) is 4.31 Å². The molecule has 2 aromatic carbocycles. The first kappa shape index (κ1) is 22.6. The van der Waals surface area contributed by atoms with Gasteiger partial charge in [-0.25, -0.2) is 12.7 Å². The molecule has 0 saturated carbocycles. The molecule has 0 radical (unpaired) electrons. The molecule has 0 aromatic heterocycles. The Kier molecular flexibility index (Phi) is 6.51. The maximum Gasteiger partial charge on any atom is 0.244 e. The second-order valence-electron chi connectivity index (χ2n) is 7.22. The molecule has 31 heavy (non-hydrogen) atoms. The van der Waals surface area contributed by atoms with E-state index in [1.54, 1.807) is 30.3 Å². The van der Waals surface area contributed by atoms with Crippen LogP contribution in [0.4, 0.5) is 11.4 Å². The molecule has 1 heterocycles. The van der Waals surface area contributed by atoms with Gasteiger partial charge in [0, 0.05) is 38.8 Å². The van der Waals surface area contributed by atoms with Crippen LogP contribution in [0.1, 0.15) is 6.42 Å². The van der Waals surface area contributed by atoms with E-state index in [1.807, 2.05) is 0 Å². The van der Waals surface area contributed by atoms with Crippen LogP contribution in [0, 0.1) is 5.92 Å². The van der Waals surface area contributed by atoms with Gasteiger partial charge in [0.05, 0.1) is 25.8 Å². The summed E-state index contributed by atoms with van der Waals surface area (Å²) in [4.78, 5) is 27.0. The Labute approximate surface area is 181 Å². The van der Waals surface area contributed by atoms with Crippen LogP contribution in [0.3, 0.4) is 0 Å². The second kappa shape index (κ2) is 8.94. The Morgan fingerprint density at radius 2 is 1.77 bits per heavy atom. The van der Waals surface area contributed by atoms with Crippen molar-refractivity contribution in [3.8, 4) is 11.5 Å². The quantitative estimate of drug-likeness (QED) is 0.696. The van der Waals surface area contributed by atoms with E-state index in [0.29, 0.717) is 17.2 Å². The van der Waals surface area contributed by atoms with Gasteiger partial charge in [0.2, 0.25) is 21.8 Å². The highest BCUT2D eigenvalue weighted by atomic mass is 32.2. The van der Waals surface area contributed by atoms with Crippen molar-refractivity contribution >= 4 is 33.2 Å². The number of hydrogen-bond acceptors (Lipinski definition) is 6. The van der Waals surface area contributed by atoms with Crippen molar-refractivity contribution in [3.63, 3.8) is 0 Å². The maximum atomic E-state index is 12.9. The van der Waals surface area contributed by atoms with E-state index in [-0.39, 0.29) is 29.5 Å². The summed E-state index contributed by atoms with van der Waals surface area (Å²) in [7, 11) is 2.13. The maximum absolute atomic E-state index is 12.9. The molecule has 9 nitrogen and oxygen atoms in total. The van der Waals surface area contributed by atoms with E-state index >= 15 is 0 Å². The number of carbonyl (C=O) groups is 2. The van der Waals surface area contributed by atoms with Gasteiger partial charge in [-0.2, -0.15) is 0 Å². The van der Waals surface area contributed by atoms with Gasteiger partial charge in [-0.1, -0.05) is 12.1 Å². The normalized spacial score (nSPS) is 16.5. The average molecular weight is 448 g/mol. The van der Waals surface area contributed by atoms with E-state index in [0.717, 1.165) is 4.31 Å². The first-order valence-electron chi connectivity index (χ1n) is 9.54. The number of methoxy groups -OCH3 is 2. The van der Waals surface area contributed by atoms with Crippen molar-refractivity contribution in [2.75, 3.05) is 45.1 Å². The minimum absolute atomic E-state index is 0.00517. The molecular formula is C21H25N3O6S. The molecule has 2 aromatic rings. The molecular weight excluding hydrogens is 422 g/mol. The number of nitrogens with zero attached hydrogens (tertiary/aromatic N) is 2. The number of carbonyl (C=O) groups excluding carboxylic acids is 2. The number of benzene rings is 2. The van der Waals surface area contributed by atoms with Crippen LogP contribution in [-0.2, 0) is 19.6 Å². The first-order chi connectivity index (χ1) is 14.7. The molecule has 1 fully saturated rings. The number of amides is 2. The zero-order valence-corrected chi connectivity index (χ0v) is 18.6. The monoisotopic (exact) mass is 447 g/mol. The van der Waals surface area contributed by atoms with Gasteiger partial charge >= 0.3 is 0 Å². The molecule has 0 spiro atoms. The molecule has 0 aliphatic carbocycles. The largest absolute Gasteiger partial charge is 0.493 e. The topological polar surface area (TPSA) is 105 Å². The van der Waals surface area contributed by atoms with Gasteiger partial charge in [-0.3, -0.25) is 9.59 Å². The molecule has 3 rings (SSSR count). The van der Waals surface area contributed by atoms with Crippen molar-refractivity contribution in [1.29, 1.82) is 0 Å². The fourth-order valence-electron chi connectivity index (χ4n) is 3.35. The molecule has 1 N–H and O–H groups in total. The highest BCUT2D eigenvalue weighted by Gasteiger charge is 2.36. The number of ether oxygens (including phenoxy) is 2. The molecule has 10 heteroatoms. The highest BCUT2D eigenvalue weighted by molar-refractivity contribution is 7.89. The fourth-order valence-corrected chi connectivity index (χ4v) is 4.39. The molecule has 1 atom stereocenters. The summed E-state index contributed by atoms with van der Waals surface area (Å²) in [6.07, 6.45) is 0.0166. The van der Waals surface area contributed by atoms with Gasteiger partial charge < -0.3 is 19.7 Å². The lowest BCUT2D eigenvalue weighted by Crippen LogP contribution is -2.29. The summed E-state index contributed by atoms with van der Waals surface area (Å²) in [5, 5.41) is 2.68. The predicted molar refractivity (Wildman–Crippen MR) is 116 cm³/mol. The fraction of sp³-hybridized carbons (Fsp3) is 0.333. The Hall–Kier alpha value is -3.11. The van der Waals surface area contributed by atoms with Crippen molar-refractivity contribution < 1.29 is 27.5 Å². The lowest BCUT2D eigenvalue weighted by Gasteiger charge is -2.19. The van der Waals surface area contributed by atoms with Crippen LogP contribution >= 0.6 is 0 Å². The summed E-state index contributed by atoms with van der Waals surface area (Å²) in [5.41, 5.74) is 0.770. The molecule has 1 saturated heterocycles.